The van der Waals surface area contributed by atoms with Crippen molar-refractivity contribution in [2.24, 2.45) is 0 Å². The van der Waals surface area contributed by atoms with Gasteiger partial charge in [0, 0.05) is 48.5 Å². The van der Waals surface area contributed by atoms with Crippen molar-refractivity contribution in [2.75, 3.05) is 26.2 Å². The SMILES string of the molecule is Cc1cc(C(F)(F)F)nn1C(C)C(=O)N1CCN(Cc2ccc(Cl)cc2Cl)CC1. The average Bonchev–Trinajstić information content (AvgIpc) is 3.05. The molecule has 1 unspecified atom stereocenters. The summed E-state index contributed by atoms with van der Waals surface area (Å²) in [6, 6.07) is 5.51. The molecule has 0 spiro atoms. The Bertz CT molecular complexity index is 892. The molecule has 10 heteroatoms. The molecular weight excluding hydrogens is 428 g/mol. The van der Waals surface area contributed by atoms with Gasteiger partial charge in [-0.15, -0.1) is 0 Å². The molecule has 1 aromatic heterocycles. The Hall–Kier alpha value is -1.77. The summed E-state index contributed by atoms with van der Waals surface area (Å²) in [5.74, 6) is -0.242. The molecule has 1 aromatic carbocycles. The molecule has 158 valence electrons. The summed E-state index contributed by atoms with van der Waals surface area (Å²) in [7, 11) is 0. The van der Waals surface area contributed by atoms with Gasteiger partial charge in [0.15, 0.2) is 5.69 Å². The number of aryl methyl sites for hydroxylation is 1. The highest BCUT2D eigenvalue weighted by atomic mass is 35.5. The summed E-state index contributed by atoms with van der Waals surface area (Å²) in [5.41, 5.74) is 0.268. The minimum Gasteiger partial charge on any atom is -0.338 e. The maximum absolute atomic E-state index is 12.9. The number of benzene rings is 1. The standard InChI is InChI=1S/C19H21Cl2F3N4O/c1-12-9-17(19(22,23)24)25-28(12)13(2)18(29)27-7-5-26(6-8-27)11-14-3-4-15(20)10-16(14)21/h3-4,9-10,13H,5-8,11H2,1-2H3. The third-order valence-corrected chi connectivity index (χ3v) is 5.62. The highest BCUT2D eigenvalue weighted by molar-refractivity contribution is 6.35. The van der Waals surface area contributed by atoms with E-state index in [0.29, 0.717) is 48.5 Å². The van der Waals surface area contributed by atoms with Crippen molar-refractivity contribution in [3.8, 4) is 0 Å². The summed E-state index contributed by atoms with van der Waals surface area (Å²) < 4.78 is 39.8. The second-order valence-electron chi connectivity index (χ2n) is 7.13. The number of aromatic nitrogens is 2. The number of amides is 1. The van der Waals surface area contributed by atoms with Crippen LogP contribution in [0.4, 0.5) is 13.2 Å². The van der Waals surface area contributed by atoms with Crippen LogP contribution in [0.25, 0.3) is 0 Å². The molecule has 0 N–H and O–H groups in total. The fourth-order valence-corrected chi connectivity index (χ4v) is 3.87. The number of piperazine rings is 1. The molecule has 29 heavy (non-hydrogen) atoms. The average molecular weight is 449 g/mol. The molecule has 5 nitrogen and oxygen atoms in total. The summed E-state index contributed by atoms with van der Waals surface area (Å²) in [5, 5.41) is 4.76. The summed E-state index contributed by atoms with van der Waals surface area (Å²) >= 11 is 12.1. The zero-order valence-electron chi connectivity index (χ0n) is 16.0. The maximum atomic E-state index is 12.9. The fourth-order valence-electron chi connectivity index (χ4n) is 3.40. The Morgan fingerprint density at radius 3 is 2.38 bits per heavy atom. The predicted molar refractivity (Wildman–Crippen MR) is 105 cm³/mol. The van der Waals surface area contributed by atoms with Crippen LogP contribution in [0.2, 0.25) is 10.0 Å². The normalized spacial score (nSPS) is 16.9. The van der Waals surface area contributed by atoms with Crippen LogP contribution in [0.5, 0.6) is 0 Å². The van der Waals surface area contributed by atoms with Crippen LogP contribution < -0.4 is 0 Å². The third-order valence-electron chi connectivity index (χ3n) is 5.03. The molecule has 1 fully saturated rings. The maximum Gasteiger partial charge on any atom is 0.435 e. The van der Waals surface area contributed by atoms with E-state index in [1.807, 2.05) is 6.07 Å². The predicted octanol–water partition coefficient (Wildman–Crippen LogP) is 4.42. The van der Waals surface area contributed by atoms with Crippen molar-refractivity contribution in [3.05, 3.63) is 51.3 Å². The minimum absolute atomic E-state index is 0.242. The van der Waals surface area contributed by atoms with Crippen molar-refractivity contribution in [2.45, 2.75) is 32.6 Å². The third kappa shape index (κ3) is 5.05. The lowest BCUT2D eigenvalue weighted by Gasteiger charge is -2.36. The Labute approximate surface area is 177 Å². The number of carbonyl (C=O) groups excluding carboxylic acids is 1. The molecule has 2 heterocycles. The van der Waals surface area contributed by atoms with Crippen molar-refractivity contribution in [3.63, 3.8) is 0 Å². The number of alkyl halides is 3. The number of rotatable bonds is 4. The number of carbonyl (C=O) groups is 1. The highest BCUT2D eigenvalue weighted by Gasteiger charge is 2.36. The Morgan fingerprint density at radius 1 is 1.17 bits per heavy atom. The molecule has 1 saturated heterocycles. The lowest BCUT2D eigenvalue weighted by Crippen LogP contribution is -2.50. The minimum atomic E-state index is -4.53. The number of hydrogen-bond donors (Lipinski definition) is 0. The van der Waals surface area contributed by atoms with E-state index >= 15 is 0 Å². The Morgan fingerprint density at radius 2 is 1.83 bits per heavy atom. The number of hydrogen-bond acceptors (Lipinski definition) is 3. The summed E-state index contributed by atoms with van der Waals surface area (Å²) in [6.07, 6.45) is -4.53. The second-order valence-corrected chi connectivity index (χ2v) is 7.97. The Balaban J connectivity index is 1.60. The summed E-state index contributed by atoms with van der Waals surface area (Å²) in [6.45, 7) is 5.98. The van der Waals surface area contributed by atoms with E-state index < -0.39 is 17.9 Å². The smallest absolute Gasteiger partial charge is 0.338 e. The number of nitrogens with zero attached hydrogens (tertiary/aromatic N) is 4. The van der Waals surface area contributed by atoms with E-state index in [1.54, 1.807) is 24.0 Å². The molecule has 0 saturated carbocycles. The fraction of sp³-hybridized carbons (Fsp3) is 0.474. The molecular formula is C19H21Cl2F3N4O. The molecule has 1 aliphatic heterocycles. The first-order chi connectivity index (χ1) is 13.6. The van der Waals surface area contributed by atoms with Gasteiger partial charge in [0.2, 0.25) is 5.91 Å². The molecule has 1 atom stereocenters. The topological polar surface area (TPSA) is 41.4 Å². The largest absolute Gasteiger partial charge is 0.435 e. The van der Waals surface area contributed by atoms with Gasteiger partial charge in [-0.25, -0.2) is 0 Å². The summed E-state index contributed by atoms with van der Waals surface area (Å²) in [4.78, 5) is 16.6. The zero-order valence-corrected chi connectivity index (χ0v) is 17.5. The van der Waals surface area contributed by atoms with Gasteiger partial charge in [-0.1, -0.05) is 29.3 Å². The van der Waals surface area contributed by atoms with E-state index in [1.165, 1.54) is 6.92 Å². The molecule has 1 amide bonds. The molecule has 2 aromatic rings. The second kappa shape index (κ2) is 8.53. The van der Waals surface area contributed by atoms with Crippen molar-refractivity contribution in [1.29, 1.82) is 0 Å². The lowest BCUT2D eigenvalue weighted by molar-refractivity contribution is -0.143. The monoisotopic (exact) mass is 448 g/mol. The van der Waals surface area contributed by atoms with Crippen LogP contribution >= 0.6 is 23.2 Å². The van der Waals surface area contributed by atoms with Gasteiger partial charge in [0.1, 0.15) is 6.04 Å². The molecule has 0 bridgehead atoms. The van der Waals surface area contributed by atoms with Gasteiger partial charge in [-0.3, -0.25) is 14.4 Å². The number of halogens is 5. The van der Waals surface area contributed by atoms with Gasteiger partial charge in [0.25, 0.3) is 0 Å². The first-order valence-electron chi connectivity index (χ1n) is 9.14. The van der Waals surface area contributed by atoms with E-state index in [-0.39, 0.29) is 5.91 Å². The van der Waals surface area contributed by atoms with Crippen LogP contribution in [0.15, 0.2) is 24.3 Å². The van der Waals surface area contributed by atoms with E-state index in [9.17, 15) is 18.0 Å². The van der Waals surface area contributed by atoms with Gasteiger partial charge in [-0.2, -0.15) is 18.3 Å². The van der Waals surface area contributed by atoms with Crippen LogP contribution in [0.3, 0.4) is 0 Å². The van der Waals surface area contributed by atoms with E-state index in [0.717, 1.165) is 16.3 Å². The molecule has 1 aliphatic rings. The lowest BCUT2D eigenvalue weighted by atomic mass is 10.2. The first-order valence-corrected chi connectivity index (χ1v) is 9.90. The van der Waals surface area contributed by atoms with E-state index in [4.69, 9.17) is 23.2 Å². The van der Waals surface area contributed by atoms with Crippen LogP contribution in [-0.4, -0.2) is 51.7 Å². The quantitative estimate of drug-likeness (QED) is 0.694. The molecule has 0 aliphatic carbocycles. The Kier molecular flexibility index (Phi) is 6.45. The van der Waals surface area contributed by atoms with Gasteiger partial charge in [0.05, 0.1) is 0 Å². The van der Waals surface area contributed by atoms with Gasteiger partial charge < -0.3 is 4.90 Å². The molecule has 0 radical (unpaired) electrons. The van der Waals surface area contributed by atoms with Crippen LogP contribution in [0.1, 0.15) is 29.9 Å². The molecule has 3 rings (SSSR count). The zero-order chi connectivity index (χ0) is 21.3. The van der Waals surface area contributed by atoms with Crippen molar-refractivity contribution in [1.82, 2.24) is 19.6 Å². The van der Waals surface area contributed by atoms with Crippen molar-refractivity contribution < 1.29 is 18.0 Å². The highest BCUT2D eigenvalue weighted by Crippen LogP contribution is 2.29. The van der Waals surface area contributed by atoms with Crippen molar-refractivity contribution >= 4 is 29.1 Å². The van der Waals surface area contributed by atoms with Gasteiger partial charge in [-0.05, 0) is 37.6 Å². The van der Waals surface area contributed by atoms with E-state index in [2.05, 4.69) is 10.00 Å². The van der Waals surface area contributed by atoms with Gasteiger partial charge >= 0.3 is 6.18 Å². The first kappa shape index (κ1) is 21.9. The van der Waals surface area contributed by atoms with Crippen LogP contribution in [-0.2, 0) is 17.5 Å². The van der Waals surface area contributed by atoms with Crippen LogP contribution in [0, 0.1) is 6.92 Å².